The Bertz CT molecular complexity index is 467. The standard InChI is InChI=1S/C13H17N3O2/c1-8-9(2)13(18)16(12(8)17)7-10-4-3-5-15-11(10)6-14/h3-5,8-9H,6-7,14H2,1-2H3. The van der Waals surface area contributed by atoms with Crippen LogP contribution in [0.2, 0.25) is 0 Å². The fraction of sp³-hybridized carbons (Fsp3) is 0.462. The molecule has 2 N–H and O–H groups in total. The molecule has 0 aliphatic carbocycles. The average molecular weight is 247 g/mol. The van der Waals surface area contributed by atoms with Gasteiger partial charge in [-0.3, -0.25) is 19.5 Å². The van der Waals surface area contributed by atoms with Gasteiger partial charge in [-0.2, -0.15) is 0 Å². The Balaban J connectivity index is 2.24. The van der Waals surface area contributed by atoms with Crippen LogP contribution in [0, 0.1) is 11.8 Å². The van der Waals surface area contributed by atoms with Crippen LogP contribution in [0.15, 0.2) is 18.3 Å². The third-order valence-electron chi connectivity index (χ3n) is 3.57. The van der Waals surface area contributed by atoms with Crippen LogP contribution in [0.4, 0.5) is 0 Å². The third kappa shape index (κ3) is 2.01. The first kappa shape index (κ1) is 12.7. The number of imide groups is 1. The largest absolute Gasteiger partial charge is 0.325 e. The first-order valence-electron chi connectivity index (χ1n) is 6.04. The molecular formula is C13H17N3O2. The van der Waals surface area contributed by atoms with Gasteiger partial charge < -0.3 is 5.73 Å². The topological polar surface area (TPSA) is 76.3 Å². The molecule has 1 aromatic rings. The molecule has 1 fully saturated rings. The Morgan fingerprint density at radius 3 is 2.44 bits per heavy atom. The van der Waals surface area contributed by atoms with Gasteiger partial charge >= 0.3 is 0 Å². The lowest BCUT2D eigenvalue weighted by atomic mass is 10.00. The summed E-state index contributed by atoms with van der Waals surface area (Å²) in [5.74, 6) is -0.704. The third-order valence-corrected chi connectivity index (χ3v) is 3.57. The summed E-state index contributed by atoms with van der Waals surface area (Å²) in [6.07, 6.45) is 1.66. The number of nitrogens with two attached hydrogens (primary N) is 1. The van der Waals surface area contributed by atoms with Gasteiger partial charge in [0.05, 0.1) is 12.2 Å². The number of pyridine rings is 1. The number of amides is 2. The minimum absolute atomic E-state index is 0.112. The smallest absolute Gasteiger partial charge is 0.233 e. The van der Waals surface area contributed by atoms with E-state index in [1.54, 1.807) is 26.1 Å². The van der Waals surface area contributed by atoms with E-state index >= 15 is 0 Å². The first-order chi connectivity index (χ1) is 8.56. The number of hydrogen-bond donors (Lipinski definition) is 1. The van der Waals surface area contributed by atoms with Crippen molar-refractivity contribution in [1.82, 2.24) is 9.88 Å². The second-order valence-electron chi connectivity index (χ2n) is 4.65. The monoisotopic (exact) mass is 247 g/mol. The molecule has 1 saturated heterocycles. The zero-order chi connectivity index (χ0) is 13.3. The van der Waals surface area contributed by atoms with Crippen molar-refractivity contribution in [3.63, 3.8) is 0 Å². The highest BCUT2D eigenvalue weighted by molar-refractivity contribution is 6.04. The minimum atomic E-state index is -0.240. The van der Waals surface area contributed by atoms with Crippen molar-refractivity contribution in [2.75, 3.05) is 0 Å². The van der Waals surface area contributed by atoms with Gasteiger partial charge in [0.2, 0.25) is 11.8 Å². The second kappa shape index (κ2) is 4.86. The van der Waals surface area contributed by atoms with Crippen molar-refractivity contribution in [1.29, 1.82) is 0 Å². The molecule has 18 heavy (non-hydrogen) atoms. The van der Waals surface area contributed by atoms with Crippen molar-refractivity contribution in [2.45, 2.75) is 26.9 Å². The van der Waals surface area contributed by atoms with Crippen LogP contribution in [0.5, 0.6) is 0 Å². The molecule has 0 aromatic carbocycles. The Hall–Kier alpha value is -1.75. The zero-order valence-corrected chi connectivity index (χ0v) is 10.6. The highest BCUT2D eigenvalue weighted by atomic mass is 16.2. The molecular weight excluding hydrogens is 230 g/mol. The van der Waals surface area contributed by atoms with Crippen molar-refractivity contribution >= 4 is 11.8 Å². The Morgan fingerprint density at radius 1 is 1.28 bits per heavy atom. The maximum atomic E-state index is 12.0. The predicted octanol–water partition coefficient (Wildman–Crippen LogP) is 0.681. The number of carbonyl (C=O) groups is 2. The molecule has 0 spiro atoms. The van der Waals surface area contributed by atoms with Gasteiger partial charge in [0.25, 0.3) is 0 Å². The van der Waals surface area contributed by atoms with E-state index in [0.29, 0.717) is 6.54 Å². The molecule has 2 rings (SSSR count). The van der Waals surface area contributed by atoms with Gasteiger partial charge in [-0.15, -0.1) is 0 Å². The summed E-state index contributed by atoms with van der Waals surface area (Å²) in [5.41, 5.74) is 7.16. The molecule has 96 valence electrons. The fourth-order valence-electron chi connectivity index (χ4n) is 2.15. The summed E-state index contributed by atoms with van der Waals surface area (Å²) in [6, 6.07) is 3.63. The van der Waals surface area contributed by atoms with Crippen molar-refractivity contribution in [3.05, 3.63) is 29.6 Å². The van der Waals surface area contributed by atoms with E-state index in [4.69, 9.17) is 5.73 Å². The van der Waals surface area contributed by atoms with Crippen LogP contribution in [-0.4, -0.2) is 21.7 Å². The van der Waals surface area contributed by atoms with Crippen LogP contribution in [-0.2, 0) is 22.7 Å². The number of hydrogen-bond acceptors (Lipinski definition) is 4. The summed E-state index contributed by atoms with van der Waals surface area (Å²) < 4.78 is 0. The van der Waals surface area contributed by atoms with Gasteiger partial charge in [-0.05, 0) is 11.6 Å². The molecule has 1 aliphatic heterocycles. The quantitative estimate of drug-likeness (QED) is 0.797. The molecule has 2 atom stereocenters. The van der Waals surface area contributed by atoms with Crippen molar-refractivity contribution < 1.29 is 9.59 Å². The van der Waals surface area contributed by atoms with E-state index in [-0.39, 0.29) is 30.2 Å². The molecule has 0 radical (unpaired) electrons. The lowest BCUT2D eigenvalue weighted by Gasteiger charge is -2.16. The molecule has 5 heteroatoms. The Morgan fingerprint density at radius 2 is 1.89 bits per heavy atom. The lowest BCUT2D eigenvalue weighted by molar-refractivity contribution is -0.140. The van der Waals surface area contributed by atoms with Crippen molar-refractivity contribution in [2.24, 2.45) is 17.6 Å². The van der Waals surface area contributed by atoms with Gasteiger partial charge in [-0.25, -0.2) is 0 Å². The number of aromatic nitrogens is 1. The molecule has 2 heterocycles. The molecule has 0 bridgehead atoms. The predicted molar refractivity (Wildman–Crippen MR) is 66.0 cm³/mol. The van der Waals surface area contributed by atoms with Gasteiger partial charge in [0.15, 0.2) is 0 Å². The van der Waals surface area contributed by atoms with E-state index in [1.807, 2.05) is 6.07 Å². The summed E-state index contributed by atoms with van der Waals surface area (Å²) in [7, 11) is 0. The van der Waals surface area contributed by atoms with Crippen LogP contribution >= 0.6 is 0 Å². The van der Waals surface area contributed by atoms with E-state index in [0.717, 1.165) is 11.3 Å². The number of carbonyl (C=O) groups excluding carboxylic acids is 2. The summed E-state index contributed by atoms with van der Waals surface area (Å²) in [6.45, 7) is 4.15. The second-order valence-corrected chi connectivity index (χ2v) is 4.65. The highest BCUT2D eigenvalue weighted by Gasteiger charge is 2.42. The summed E-state index contributed by atoms with van der Waals surface area (Å²) in [4.78, 5) is 29.4. The van der Waals surface area contributed by atoms with E-state index < -0.39 is 0 Å². The molecule has 1 aliphatic rings. The first-order valence-corrected chi connectivity index (χ1v) is 6.04. The highest BCUT2D eigenvalue weighted by Crippen LogP contribution is 2.27. The number of rotatable bonds is 3. The molecule has 2 unspecified atom stereocenters. The normalized spacial score (nSPS) is 23.8. The molecule has 1 aromatic heterocycles. The summed E-state index contributed by atoms with van der Waals surface area (Å²) in [5, 5.41) is 0. The fourth-order valence-corrected chi connectivity index (χ4v) is 2.15. The van der Waals surface area contributed by atoms with E-state index in [1.165, 1.54) is 4.90 Å². The van der Waals surface area contributed by atoms with Crippen LogP contribution in [0.25, 0.3) is 0 Å². The lowest BCUT2D eigenvalue weighted by Crippen LogP contribution is -2.31. The number of likely N-dealkylation sites (tertiary alicyclic amines) is 1. The van der Waals surface area contributed by atoms with E-state index in [9.17, 15) is 9.59 Å². The maximum Gasteiger partial charge on any atom is 0.233 e. The minimum Gasteiger partial charge on any atom is -0.325 e. The molecule has 2 amide bonds. The Labute approximate surface area is 106 Å². The molecule has 0 saturated carbocycles. The number of nitrogens with zero attached hydrogens (tertiary/aromatic N) is 2. The van der Waals surface area contributed by atoms with Crippen LogP contribution in [0.3, 0.4) is 0 Å². The van der Waals surface area contributed by atoms with Crippen molar-refractivity contribution in [3.8, 4) is 0 Å². The molecule has 5 nitrogen and oxygen atoms in total. The zero-order valence-electron chi connectivity index (χ0n) is 10.6. The van der Waals surface area contributed by atoms with E-state index in [2.05, 4.69) is 4.98 Å². The average Bonchev–Trinajstić information content (AvgIpc) is 2.57. The maximum absolute atomic E-state index is 12.0. The van der Waals surface area contributed by atoms with Crippen LogP contribution < -0.4 is 5.73 Å². The van der Waals surface area contributed by atoms with Gasteiger partial charge in [0, 0.05) is 24.6 Å². The van der Waals surface area contributed by atoms with Crippen LogP contribution in [0.1, 0.15) is 25.1 Å². The Kier molecular flexibility index (Phi) is 3.43. The van der Waals surface area contributed by atoms with Gasteiger partial charge in [0.1, 0.15) is 0 Å². The van der Waals surface area contributed by atoms with Gasteiger partial charge in [-0.1, -0.05) is 19.9 Å². The summed E-state index contributed by atoms with van der Waals surface area (Å²) >= 11 is 0. The SMILES string of the molecule is CC1C(=O)N(Cc2cccnc2CN)C(=O)C1C.